The van der Waals surface area contributed by atoms with Gasteiger partial charge in [0.05, 0.1) is 5.88 Å². The maximum Gasteiger partial charge on any atom is 0.179 e. The summed E-state index contributed by atoms with van der Waals surface area (Å²) in [5, 5.41) is 0. The third kappa shape index (κ3) is 2.80. The molecule has 0 saturated heterocycles. The molecule has 0 aliphatic heterocycles. The highest BCUT2D eigenvalue weighted by Gasteiger charge is 2.18. The Morgan fingerprint density at radius 3 is 2.67 bits per heavy atom. The predicted octanol–water partition coefficient (Wildman–Crippen LogP) is 4.11. The Balaban J connectivity index is 2.07. The van der Waals surface area contributed by atoms with Crippen LogP contribution < -0.4 is 0 Å². The summed E-state index contributed by atoms with van der Waals surface area (Å²) < 4.78 is 2.28. The van der Waals surface area contributed by atoms with E-state index in [0.29, 0.717) is 0 Å². The van der Waals surface area contributed by atoms with Gasteiger partial charge in [-0.3, -0.25) is 4.79 Å². The van der Waals surface area contributed by atoms with Crippen LogP contribution in [0.5, 0.6) is 0 Å². The van der Waals surface area contributed by atoms with E-state index in [9.17, 15) is 4.79 Å². The fraction of sp³-hybridized carbons (Fsp3) is 0.667. The SMILES string of the molecule is Cc1cc(C(=O)CCl)c(C)n1CCC1CCCC1. The normalized spacial score (nSPS) is 16.4. The van der Waals surface area contributed by atoms with Crippen molar-refractivity contribution in [2.24, 2.45) is 5.92 Å². The molecule has 2 rings (SSSR count). The third-order valence-electron chi connectivity index (χ3n) is 4.23. The molecule has 0 radical (unpaired) electrons. The van der Waals surface area contributed by atoms with E-state index in [2.05, 4.69) is 11.5 Å². The van der Waals surface area contributed by atoms with Crippen molar-refractivity contribution in [3.63, 3.8) is 0 Å². The summed E-state index contributed by atoms with van der Waals surface area (Å²) in [6, 6.07) is 1.98. The molecule has 1 aromatic rings. The number of hydrogen-bond acceptors (Lipinski definition) is 1. The number of Topliss-reactive ketones (excluding diaryl/α,β-unsaturated/α-hetero) is 1. The van der Waals surface area contributed by atoms with E-state index in [0.717, 1.165) is 23.7 Å². The Kier molecular flexibility index (Phi) is 4.50. The first-order valence-electron chi connectivity index (χ1n) is 6.89. The molecule has 0 aromatic carbocycles. The summed E-state index contributed by atoms with van der Waals surface area (Å²) in [5.74, 6) is 1.00. The molecule has 1 aliphatic rings. The third-order valence-corrected chi connectivity index (χ3v) is 4.47. The number of halogens is 1. The van der Waals surface area contributed by atoms with Gasteiger partial charge in [-0.05, 0) is 32.3 Å². The smallest absolute Gasteiger partial charge is 0.179 e. The number of hydrogen-bond donors (Lipinski definition) is 0. The molecule has 0 spiro atoms. The van der Waals surface area contributed by atoms with Gasteiger partial charge in [0.2, 0.25) is 0 Å². The van der Waals surface area contributed by atoms with Crippen molar-refractivity contribution < 1.29 is 4.79 Å². The number of carbonyl (C=O) groups is 1. The van der Waals surface area contributed by atoms with Gasteiger partial charge in [0, 0.05) is 23.5 Å². The molecule has 0 atom stereocenters. The van der Waals surface area contributed by atoms with Crippen molar-refractivity contribution in [1.82, 2.24) is 4.57 Å². The highest BCUT2D eigenvalue weighted by atomic mass is 35.5. The molecule has 100 valence electrons. The second-order valence-electron chi connectivity index (χ2n) is 5.43. The monoisotopic (exact) mass is 267 g/mol. The molecular formula is C15H22ClNO. The minimum absolute atomic E-state index is 0.0388. The van der Waals surface area contributed by atoms with Crippen LogP contribution in [-0.2, 0) is 6.54 Å². The van der Waals surface area contributed by atoms with Crippen molar-refractivity contribution in [2.45, 2.75) is 52.5 Å². The molecule has 0 bridgehead atoms. The number of alkyl halides is 1. The van der Waals surface area contributed by atoms with E-state index in [1.54, 1.807) is 0 Å². The van der Waals surface area contributed by atoms with E-state index in [1.165, 1.54) is 37.8 Å². The Hall–Kier alpha value is -0.760. The molecule has 18 heavy (non-hydrogen) atoms. The predicted molar refractivity (Wildman–Crippen MR) is 75.5 cm³/mol. The summed E-state index contributed by atoms with van der Waals surface area (Å²) in [6.45, 7) is 5.14. The first-order valence-corrected chi connectivity index (χ1v) is 7.42. The summed E-state index contributed by atoms with van der Waals surface area (Å²) in [6.07, 6.45) is 6.79. The van der Waals surface area contributed by atoms with Crippen LogP contribution in [0.3, 0.4) is 0 Å². The standard InChI is InChI=1S/C15H22ClNO/c1-11-9-14(15(18)10-16)12(2)17(11)8-7-13-5-3-4-6-13/h9,13H,3-8,10H2,1-2H3. The summed E-state index contributed by atoms with van der Waals surface area (Å²) in [7, 11) is 0. The molecule has 3 heteroatoms. The zero-order chi connectivity index (χ0) is 13.1. The van der Waals surface area contributed by atoms with Crippen LogP contribution in [0.15, 0.2) is 6.07 Å². The minimum Gasteiger partial charge on any atom is -0.348 e. The highest BCUT2D eigenvalue weighted by molar-refractivity contribution is 6.30. The first kappa shape index (κ1) is 13.7. The second-order valence-corrected chi connectivity index (χ2v) is 5.70. The number of aromatic nitrogens is 1. The Bertz CT molecular complexity index is 430. The lowest BCUT2D eigenvalue weighted by atomic mass is 10.0. The van der Waals surface area contributed by atoms with E-state index < -0.39 is 0 Å². The van der Waals surface area contributed by atoms with Gasteiger partial charge < -0.3 is 4.57 Å². The van der Waals surface area contributed by atoms with E-state index in [-0.39, 0.29) is 11.7 Å². The zero-order valence-electron chi connectivity index (χ0n) is 11.3. The molecule has 0 N–H and O–H groups in total. The van der Waals surface area contributed by atoms with Gasteiger partial charge in [0.15, 0.2) is 5.78 Å². The number of ketones is 1. The maximum atomic E-state index is 11.7. The maximum absolute atomic E-state index is 11.7. The minimum atomic E-state index is 0.0388. The lowest BCUT2D eigenvalue weighted by Gasteiger charge is -2.13. The highest BCUT2D eigenvalue weighted by Crippen LogP contribution is 2.28. The van der Waals surface area contributed by atoms with Crippen LogP contribution in [0, 0.1) is 19.8 Å². The first-order chi connectivity index (χ1) is 8.63. The van der Waals surface area contributed by atoms with Gasteiger partial charge in [0.1, 0.15) is 0 Å². The molecule has 1 fully saturated rings. The van der Waals surface area contributed by atoms with Gasteiger partial charge in [-0.2, -0.15) is 0 Å². The van der Waals surface area contributed by atoms with Crippen LogP contribution in [0.1, 0.15) is 53.8 Å². The number of nitrogens with zero attached hydrogens (tertiary/aromatic N) is 1. The second kappa shape index (κ2) is 5.92. The van der Waals surface area contributed by atoms with Gasteiger partial charge in [0.25, 0.3) is 0 Å². The number of rotatable bonds is 5. The fourth-order valence-corrected chi connectivity index (χ4v) is 3.25. The van der Waals surface area contributed by atoms with Crippen molar-refractivity contribution >= 4 is 17.4 Å². The van der Waals surface area contributed by atoms with Gasteiger partial charge >= 0.3 is 0 Å². The molecule has 0 unspecified atom stereocenters. The topological polar surface area (TPSA) is 22.0 Å². The molecule has 1 heterocycles. The summed E-state index contributed by atoms with van der Waals surface area (Å²) in [4.78, 5) is 11.7. The Morgan fingerprint density at radius 1 is 1.39 bits per heavy atom. The van der Waals surface area contributed by atoms with Crippen molar-refractivity contribution in [2.75, 3.05) is 5.88 Å². The van der Waals surface area contributed by atoms with Crippen molar-refractivity contribution in [3.8, 4) is 0 Å². The van der Waals surface area contributed by atoms with Crippen LogP contribution in [0.4, 0.5) is 0 Å². The largest absolute Gasteiger partial charge is 0.348 e. The molecular weight excluding hydrogens is 246 g/mol. The van der Waals surface area contributed by atoms with Crippen LogP contribution in [0.25, 0.3) is 0 Å². The molecule has 1 aliphatic carbocycles. The van der Waals surface area contributed by atoms with Gasteiger partial charge in [-0.15, -0.1) is 11.6 Å². The molecule has 1 aromatic heterocycles. The van der Waals surface area contributed by atoms with E-state index in [4.69, 9.17) is 11.6 Å². The van der Waals surface area contributed by atoms with Crippen molar-refractivity contribution in [1.29, 1.82) is 0 Å². The average Bonchev–Trinajstić information content (AvgIpc) is 2.96. The number of carbonyl (C=O) groups excluding carboxylic acids is 1. The van der Waals surface area contributed by atoms with Crippen LogP contribution in [0.2, 0.25) is 0 Å². The van der Waals surface area contributed by atoms with Crippen LogP contribution in [-0.4, -0.2) is 16.2 Å². The lowest BCUT2D eigenvalue weighted by Crippen LogP contribution is -2.08. The van der Waals surface area contributed by atoms with E-state index >= 15 is 0 Å². The summed E-state index contributed by atoms with van der Waals surface area (Å²) in [5.41, 5.74) is 3.06. The molecule has 1 saturated carbocycles. The fourth-order valence-electron chi connectivity index (χ4n) is 3.11. The van der Waals surface area contributed by atoms with Crippen molar-refractivity contribution in [3.05, 3.63) is 23.0 Å². The molecule has 0 amide bonds. The van der Waals surface area contributed by atoms with Crippen LogP contribution >= 0.6 is 11.6 Å². The Labute approximate surface area is 114 Å². The quantitative estimate of drug-likeness (QED) is 0.581. The summed E-state index contributed by atoms with van der Waals surface area (Å²) >= 11 is 5.64. The Morgan fingerprint density at radius 2 is 2.06 bits per heavy atom. The zero-order valence-corrected chi connectivity index (χ0v) is 12.1. The lowest BCUT2D eigenvalue weighted by molar-refractivity contribution is 0.102. The molecule has 2 nitrogen and oxygen atoms in total. The number of aryl methyl sites for hydroxylation is 1. The van der Waals surface area contributed by atoms with Gasteiger partial charge in [-0.1, -0.05) is 25.7 Å². The van der Waals surface area contributed by atoms with Gasteiger partial charge in [-0.25, -0.2) is 0 Å². The average molecular weight is 268 g/mol. The van der Waals surface area contributed by atoms with E-state index in [1.807, 2.05) is 13.0 Å².